The van der Waals surface area contributed by atoms with Crippen LogP contribution in [-0.4, -0.2) is 30.9 Å². The molecular formula is C16H11FN2O4. The third-order valence-corrected chi connectivity index (χ3v) is 4.33. The molecule has 1 aromatic rings. The Kier molecular flexibility index (Phi) is 2.73. The lowest BCUT2D eigenvalue weighted by atomic mass is 10.1. The highest BCUT2D eigenvalue weighted by Crippen LogP contribution is 2.49. The number of terminal acetylenes is 1. The number of halogens is 1. The summed E-state index contributed by atoms with van der Waals surface area (Å²) in [5.41, 5.74) is 0.100. The molecule has 2 unspecified atom stereocenters. The van der Waals surface area contributed by atoms with Gasteiger partial charge in [-0.05, 0) is 12.5 Å². The molecule has 2 heterocycles. The molecule has 0 radical (unpaired) electrons. The van der Waals surface area contributed by atoms with Gasteiger partial charge in [0.1, 0.15) is 5.75 Å². The van der Waals surface area contributed by atoms with E-state index < -0.39 is 17.6 Å². The molecule has 7 heteroatoms. The summed E-state index contributed by atoms with van der Waals surface area (Å²) < 4.78 is 19.6. The van der Waals surface area contributed by atoms with Crippen LogP contribution in [0, 0.1) is 30.0 Å². The fraction of sp³-hybridized carbons (Fsp3) is 0.312. The first-order chi connectivity index (χ1) is 11.0. The number of piperidine rings is 1. The number of benzene rings is 1. The van der Waals surface area contributed by atoms with Gasteiger partial charge < -0.3 is 4.74 Å². The normalized spacial score (nSPS) is 25.0. The van der Waals surface area contributed by atoms with Gasteiger partial charge in [0.05, 0.1) is 29.8 Å². The third kappa shape index (κ3) is 1.84. The molecule has 3 aliphatic rings. The topological polar surface area (TPSA) is 66.9 Å². The zero-order chi connectivity index (χ0) is 16.3. The number of ether oxygens (including phenoxy) is 1. The number of hydrogen-bond acceptors (Lipinski definition) is 4. The van der Waals surface area contributed by atoms with Gasteiger partial charge in [-0.15, -0.1) is 6.42 Å². The molecule has 2 fully saturated rings. The molecule has 2 atom stereocenters. The molecule has 4 rings (SSSR count). The van der Waals surface area contributed by atoms with Crippen LogP contribution in [0.5, 0.6) is 5.75 Å². The molecule has 1 saturated carbocycles. The van der Waals surface area contributed by atoms with Crippen molar-refractivity contribution in [3.63, 3.8) is 0 Å². The number of carbonyl (C=O) groups is 3. The maximum absolute atomic E-state index is 14.4. The number of rotatable bonds is 2. The van der Waals surface area contributed by atoms with E-state index in [2.05, 4.69) is 5.92 Å². The standard InChI is InChI=1S/C16H11FN2O4/c1-2-3-18-12-6-11(10(17)5-13(12)23-7-14(18)20)19-15(21)8-4-9(8)16(19)22/h1,5-6,8-9H,3-4,7H2. The molecule has 1 aliphatic carbocycles. The van der Waals surface area contributed by atoms with Crippen molar-refractivity contribution in [3.05, 3.63) is 17.9 Å². The molecular weight excluding hydrogens is 303 g/mol. The molecule has 0 N–H and O–H groups in total. The summed E-state index contributed by atoms with van der Waals surface area (Å²) in [7, 11) is 0. The van der Waals surface area contributed by atoms with Gasteiger partial charge in [-0.25, -0.2) is 9.29 Å². The lowest BCUT2D eigenvalue weighted by Gasteiger charge is -2.29. The SMILES string of the molecule is C#CCN1C(=O)COc2cc(F)c(N3C(=O)C4CC4C3=O)cc21. The van der Waals surface area contributed by atoms with Crippen molar-refractivity contribution in [1.82, 2.24) is 0 Å². The summed E-state index contributed by atoms with van der Waals surface area (Å²) in [5.74, 6) is -0.0707. The van der Waals surface area contributed by atoms with Crippen molar-refractivity contribution in [3.8, 4) is 18.1 Å². The number of anilines is 2. The summed E-state index contributed by atoms with van der Waals surface area (Å²) in [6, 6.07) is 2.35. The van der Waals surface area contributed by atoms with E-state index in [1.54, 1.807) is 0 Å². The molecule has 0 spiro atoms. The Morgan fingerprint density at radius 1 is 1.22 bits per heavy atom. The van der Waals surface area contributed by atoms with E-state index >= 15 is 0 Å². The van der Waals surface area contributed by atoms with Crippen LogP contribution in [0.1, 0.15) is 6.42 Å². The predicted molar refractivity (Wildman–Crippen MR) is 77.2 cm³/mol. The average molecular weight is 314 g/mol. The van der Waals surface area contributed by atoms with E-state index in [0.29, 0.717) is 6.42 Å². The molecule has 6 nitrogen and oxygen atoms in total. The number of imide groups is 1. The number of amides is 3. The Morgan fingerprint density at radius 2 is 1.91 bits per heavy atom. The lowest BCUT2D eigenvalue weighted by molar-refractivity contribution is -0.124. The van der Waals surface area contributed by atoms with Gasteiger partial charge in [0.15, 0.2) is 12.4 Å². The first-order valence-electron chi connectivity index (χ1n) is 7.11. The molecule has 0 bridgehead atoms. The zero-order valence-corrected chi connectivity index (χ0v) is 11.9. The summed E-state index contributed by atoms with van der Waals surface area (Å²) >= 11 is 0. The van der Waals surface area contributed by atoms with E-state index in [9.17, 15) is 18.8 Å². The van der Waals surface area contributed by atoms with Gasteiger partial charge in [-0.1, -0.05) is 5.92 Å². The number of nitrogens with zero attached hydrogens (tertiary/aromatic N) is 2. The Labute approximate surface area is 130 Å². The fourth-order valence-electron chi connectivity index (χ4n) is 3.07. The maximum Gasteiger partial charge on any atom is 0.265 e. The van der Waals surface area contributed by atoms with E-state index in [-0.39, 0.29) is 48.0 Å². The smallest absolute Gasteiger partial charge is 0.265 e. The minimum Gasteiger partial charge on any atom is -0.481 e. The highest BCUT2D eigenvalue weighted by atomic mass is 19.1. The van der Waals surface area contributed by atoms with Crippen LogP contribution in [-0.2, 0) is 14.4 Å². The van der Waals surface area contributed by atoms with Crippen molar-refractivity contribution >= 4 is 29.1 Å². The van der Waals surface area contributed by atoms with Crippen LogP contribution in [0.2, 0.25) is 0 Å². The average Bonchev–Trinajstić information content (AvgIpc) is 3.27. The van der Waals surface area contributed by atoms with Gasteiger partial charge in [-0.2, -0.15) is 0 Å². The van der Waals surface area contributed by atoms with Crippen LogP contribution in [0.25, 0.3) is 0 Å². The quantitative estimate of drug-likeness (QED) is 0.595. The van der Waals surface area contributed by atoms with Gasteiger partial charge in [-0.3, -0.25) is 19.3 Å². The Morgan fingerprint density at radius 3 is 2.57 bits per heavy atom. The van der Waals surface area contributed by atoms with E-state index in [1.165, 1.54) is 11.0 Å². The minimum atomic E-state index is -0.748. The highest BCUT2D eigenvalue weighted by molar-refractivity contribution is 6.25. The Balaban J connectivity index is 1.81. The highest BCUT2D eigenvalue weighted by Gasteiger charge is 2.59. The largest absolute Gasteiger partial charge is 0.481 e. The number of carbonyl (C=O) groups excluding carboxylic acids is 3. The molecule has 1 saturated heterocycles. The Hall–Kier alpha value is -2.88. The first-order valence-corrected chi connectivity index (χ1v) is 7.11. The van der Waals surface area contributed by atoms with E-state index in [1.807, 2.05) is 0 Å². The summed E-state index contributed by atoms with van der Waals surface area (Å²) in [5, 5.41) is 0. The second-order valence-electron chi connectivity index (χ2n) is 5.70. The fourth-order valence-corrected chi connectivity index (χ4v) is 3.07. The van der Waals surface area contributed by atoms with Gasteiger partial charge >= 0.3 is 0 Å². The van der Waals surface area contributed by atoms with Crippen LogP contribution < -0.4 is 14.5 Å². The van der Waals surface area contributed by atoms with Crippen LogP contribution >= 0.6 is 0 Å². The van der Waals surface area contributed by atoms with Crippen LogP contribution in [0.15, 0.2) is 12.1 Å². The molecule has 0 aromatic heterocycles. The summed E-state index contributed by atoms with van der Waals surface area (Å²) in [6.07, 6.45) is 5.79. The van der Waals surface area contributed by atoms with E-state index in [4.69, 9.17) is 11.2 Å². The van der Waals surface area contributed by atoms with Crippen molar-refractivity contribution in [2.24, 2.45) is 11.8 Å². The zero-order valence-electron chi connectivity index (χ0n) is 11.9. The molecule has 116 valence electrons. The minimum absolute atomic E-state index is 0.00654. The van der Waals surface area contributed by atoms with Crippen molar-refractivity contribution in [1.29, 1.82) is 0 Å². The van der Waals surface area contributed by atoms with Crippen LogP contribution in [0.3, 0.4) is 0 Å². The first kappa shape index (κ1) is 13.8. The molecule has 3 amide bonds. The van der Waals surface area contributed by atoms with Crippen LogP contribution in [0.4, 0.5) is 15.8 Å². The van der Waals surface area contributed by atoms with Crippen molar-refractivity contribution in [2.45, 2.75) is 6.42 Å². The number of hydrogen-bond donors (Lipinski definition) is 0. The predicted octanol–water partition coefficient (Wildman–Crippen LogP) is 0.694. The lowest BCUT2D eigenvalue weighted by Crippen LogP contribution is -2.40. The van der Waals surface area contributed by atoms with Crippen molar-refractivity contribution < 1.29 is 23.5 Å². The second-order valence-corrected chi connectivity index (χ2v) is 5.70. The Bertz CT molecular complexity index is 793. The molecule has 1 aromatic carbocycles. The second kappa shape index (κ2) is 4.56. The summed E-state index contributed by atoms with van der Waals surface area (Å²) in [4.78, 5) is 38.3. The van der Waals surface area contributed by atoms with Gasteiger partial charge in [0, 0.05) is 6.07 Å². The van der Waals surface area contributed by atoms with Gasteiger partial charge in [0.2, 0.25) is 11.8 Å². The summed E-state index contributed by atoms with van der Waals surface area (Å²) in [6.45, 7) is -0.243. The monoisotopic (exact) mass is 314 g/mol. The number of fused-ring (bicyclic) bond motifs is 2. The third-order valence-electron chi connectivity index (χ3n) is 4.33. The van der Waals surface area contributed by atoms with Gasteiger partial charge in [0.25, 0.3) is 5.91 Å². The van der Waals surface area contributed by atoms with Crippen molar-refractivity contribution in [2.75, 3.05) is 23.0 Å². The maximum atomic E-state index is 14.4. The van der Waals surface area contributed by atoms with E-state index in [0.717, 1.165) is 11.0 Å². The molecule has 23 heavy (non-hydrogen) atoms. The molecule has 2 aliphatic heterocycles.